The van der Waals surface area contributed by atoms with Crippen LogP contribution in [0.4, 0.5) is 4.79 Å². The molecule has 1 heterocycles. The summed E-state index contributed by atoms with van der Waals surface area (Å²) in [7, 11) is 0. The Kier molecular flexibility index (Phi) is 2.24. The molecule has 0 spiro atoms. The second kappa shape index (κ2) is 3.56. The molecule has 2 aromatic rings. The van der Waals surface area contributed by atoms with Crippen LogP contribution >= 0.6 is 0 Å². The van der Waals surface area contributed by atoms with Crippen LogP contribution in [0.1, 0.15) is 6.92 Å². The minimum Gasteiger partial charge on any atom is -0.691 e. The maximum atomic E-state index is 11.4. The molecule has 6 heteroatoms. The quantitative estimate of drug-likeness (QED) is 0.509. The van der Waals surface area contributed by atoms with Crippen molar-refractivity contribution in [2.75, 3.05) is 6.61 Å². The van der Waals surface area contributed by atoms with Crippen molar-refractivity contribution in [2.24, 2.45) is 0 Å². The van der Waals surface area contributed by atoms with E-state index in [0.717, 1.165) is 4.68 Å². The average Bonchev–Trinajstić information content (AvgIpc) is 2.58. The summed E-state index contributed by atoms with van der Waals surface area (Å²) in [5, 5.41) is 14.8. The second-order valence-electron chi connectivity index (χ2n) is 2.86. The first-order valence-corrected chi connectivity index (χ1v) is 4.48. The van der Waals surface area contributed by atoms with E-state index in [0.29, 0.717) is 15.9 Å². The third-order valence-electron chi connectivity index (χ3n) is 1.93. The largest absolute Gasteiger partial charge is 0.691 e. The van der Waals surface area contributed by atoms with Gasteiger partial charge < -0.3 is 9.94 Å². The summed E-state index contributed by atoms with van der Waals surface area (Å²) < 4.78 is 5.71. The van der Waals surface area contributed by atoms with Crippen molar-refractivity contribution in [3.05, 3.63) is 29.5 Å². The number of hydrogen-bond acceptors (Lipinski definition) is 4. The number of ether oxygens (including phenoxy) is 1. The Bertz CT molecular complexity index is 506. The summed E-state index contributed by atoms with van der Waals surface area (Å²) in [6.07, 6.45) is -0.650. The van der Waals surface area contributed by atoms with Gasteiger partial charge in [0, 0.05) is 0 Å². The van der Waals surface area contributed by atoms with Gasteiger partial charge in [-0.05, 0) is 23.7 Å². The highest BCUT2D eigenvalue weighted by Crippen LogP contribution is 2.08. The van der Waals surface area contributed by atoms with Crippen molar-refractivity contribution in [2.45, 2.75) is 6.92 Å². The zero-order valence-electron chi connectivity index (χ0n) is 8.08. The van der Waals surface area contributed by atoms with Gasteiger partial charge >= 0.3 is 6.09 Å². The molecule has 1 aromatic heterocycles. The standard InChI is InChI=1S/C9H9N3O3/c1-2-15-9(13)11-7-5-3-4-6-8(7)12(14)10-11/h3-6H,2H2,1H3. The van der Waals surface area contributed by atoms with Crippen LogP contribution in [0.15, 0.2) is 24.3 Å². The Labute approximate surface area is 85.2 Å². The Hall–Kier alpha value is -2.11. The summed E-state index contributed by atoms with van der Waals surface area (Å²) in [5.41, 5.74) is 0.775. The molecular formula is C9H9N3O3. The number of benzene rings is 1. The van der Waals surface area contributed by atoms with Crippen LogP contribution < -0.4 is 4.85 Å². The number of aromatic nitrogens is 3. The van der Waals surface area contributed by atoms with Crippen molar-refractivity contribution < 1.29 is 14.4 Å². The van der Waals surface area contributed by atoms with Gasteiger partial charge in [-0.1, -0.05) is 12.1 Å². The third-order valence-corrected chi connectivity index (χ3v) is 1.93. The number of rotatable bonds is 1. The minimum atomic E-state index is -0.650. The van der Waals surface area contributed by atoms with Crippen LogP contribution in [0, 0.1) is 5.21 Å². The van der Waals surface area contributed by atoms with Gasteiger partial charge in [0.15, 0.2) is 0 Å². The molecule has 0 amide bonds. The Balaban J connectivity index is 2.57. The van der Waals surface area contributed by atoms with Crippen LogP contribution in [0.3, 0.4) is 0 Å². The molecule has 0 atom stereocenters. The monoisotopic (exact) mass is 207 g/mol. The van der Waals surface area contributed by atoms with Gasteiger partial charge in [-0.2, -0.15) is 4.79 Å². The highest BCUT2D eigenvalue weighted by Gasteiger charge is 2.21. The van der Waals surface area contributed by atoms with Crippen molar-refractivity contribution >= 4 is 17.1 Å². The van der Waals surface area contributed by atoms with E-state index in [1.807, 2.05) is 0 Å². The van der Waals surface area contributed by atoms with Crippen molar-refractivity contribution in [1.82, 2.24) is 9.90 Å². The molecular weight excluding hydrogens is 198 g/mol. The van der Waals surface area contributed by atoms with Gasteiger partial charge in [0.05, 0.1) is 6.61 Å². The van der Waals surface area contributed by atoms with Crippen molar-refractivity contribution in [1.29, 1.82) is 0 Å². The summed E-state index contributed by atoms with van der Waals surface area (Å²) in [4.78, 5) is 11.8. The Morgan fingerprint density at radius 3 is 3.07 bits per heavy atom. The van der Waals surface area contributed by atoms with Gasteiger partial charge in [0.25, 0.3) is 0 Å². The molecule has 6 nitrogen and oxygen atoms in total. The molecule has 1 aromatic carbocycles. The van der Waals surface area contributed by atoms with Gasteiger partial charge in [0.2, 0.25) is 11.0 Å². The fourth-order valence-electron chi connectivity index (χ4n) is 1.30. The van der Waals surface area contributed by atoms with Crippen molar-refractivity contribution in [3.8, 4) is 0 Å². The molecule has 0 aliphatic carbocycles. The van der Waals surface area contributed by atoms with E-state index in [9.17, 15) is 10.0 Å². The smallest absolute Gasteiger partial charge is 0.533 e. The lowest BCUT2D eigenvalue weighted by atomic mass is 10.3. The van der Waals surface area contributed by atoms with Gasteiger partial charge in [-0.15, -0.1) is 4.85 Å². The number of carbonyl (C=O) groups is 1. The van der Waals surface area contributed by atoms with Crippen LogP contribution in [-0.4, -0.2) is 22.6 Å². The zero-order chi connectivity index (χ0) is 10.8. The molecule has 0 N–H and O–H groups in total. The molecule has 2 rings (SSSR count). The normalized spacial score (nSPS) is 10.5. The van der Waals surface area contributed by atoms with E-state index in [1.54, 1.807) is 31.2 Å². The third kappa shape index (κ3) is 1.50. The molecule has 15 heavy (non-hydrogen) atoms. The predicted molar refractivity (Wildman–Crippen MR) is 51.1 cm³/mol. The summed E-state index contributed by atoms with van der Waals surface area (Å²) >= 11 is 0. The average molecular weight is 207 g/mol. The summed E-state index contributed by atoms with van der Waals surface area (Å²) in [5.74, 6) is 0. The molecule has 0 saturated heterocycles. The van der Waals surface area contributed by atoms with E-state index < -0.39 is 6.09 Å². The van der Waals surface area contributed by atoms with Crippen LogP contribution in [0.2, 0.25) is 0 Å². The van der Waals surface area contributed by atoms with Gasteiger partial charge in [0.1, 0.15) is 5.21 Å². The summed E-state index contributed by atoms with van der Waals surface area (Å²) in [6, 6.07) is 6.65. The second-order valence-corrected chi connectivity index (χ2v) is 2.86. The number of nitrogens with zero attached hydrogens (tertiary/aromatic N) is 3. The fraction of sp³-hybridized carbons (Fsp3) is 0.222. The van der Waals surface area contributed by atoms with Crippen LogP contribution in [0.25, 0.3) is 11.0 Å². The van der Waals surface area contributed by atoms with Crippen molar-refractivity contribution in [3.63, 3.8) is 0 Å². The molecule has 0 bridgehead atoms. The maximum absolute atomic E-state index is 11.4. The number of fused-ring (bicyclic) bond motifs is 1. The number of carbonyl (C=O) groups excluding carboxylic acids is 1. The van der Waals surface area contributed by atoms with E-state index in [2.05, 4.69) is 5.21 Å². The predicted octanol–water partition coefficient (Wildman–Crippen LogP) is 0.674. The highest BCUT2D eigenvalue weighted by atomic mass is 16.6. The first-order valence-electron chi connectivity index (χ1n) is 4.48. The molecule has 0 fully saturated rings. The lowest BCUT2D eigenvalue weighted by Crippen LogP contribution is -2.31. The zero-order valence-corrected chi connectivity index (χ0v) is 8.08. The minimum absolute atomic E-state index is 0.242. The Morgan fingerprint density at radius 1 is 1.60 bits per heavy atom. The SMILES string of the molecule is CCOC(=O)n1n[n+]([O-])c2ccccc21. The maximum Gasteiger partial charge on any atom is 0.533 e. The molecule has 0 aliphatic rings. The van der Waals surface area contributed by atoms with E-state index in [-0.39, 0.29) is 6.61 Å². The lowest BCUT2D eigenvalue weighted by molar-refractivity contribution is -0.645. The first-order chi connectivity index (χ1) is 7.24. The highest BCUT2D eigenvalue weighted by molar-refractivity contribution is 5.83. The molecule has 0 saturated carbocycles. The lowest BCUT2D eigenvalue weighted by Gasteiger charge is -1.93. The van der Waals surface area contributed by atoms with Gasteiger partial charge in [-0.25, -0.2) is 0 Å². The number of hydrogen-bond donors (Lipinski definition) is 0. The topological polar surface area (TPSA) is 71.1 Å². The molecule has 0 aliphatic heterocycles. The van der Waals surface area contributed by atoms with E-state index >= 15 is 0 Å². The van der Waals surface area contributed by atoms with E-state index in [4.69, 9.17) is 4.74 Å². The summed E-state index contributed by atoms with van der Waals surface area (Å²) in [6.45, 7) is 1.93. The fourth-order valence-corrected chi connectivity index (χ4v) is 1.30. The molecule has 0 unspecified atom stereocenters. The van der Waals surface area contributed by atoms with E-state index in [1.165, 1.54) is 0 Å². The Morgan fingerprint density at radius 2 is 2.33 bits per heavy atom. The number of para-hydroxylation sites is 2. The van der Waals surface area contributed by atoms with Gasteiger partial charge in [-0.3, -0.25) is 0 Å². The molecule has 0 radical (unpaired) electrons. The molecule has 78 valence electrons. The van der Waals surface area contributed by atoms with Crippen LogP contribution in [-0.2, 0) is 4.74 Å². The van der Waals surface area contributed by atoms with Crippen LogP contribution in [0.5, 0.6) is 0 Å². The first kappa shape index (κ1) is 9.45.